The molecule has 16 rings (SSSR count). The van der Waals surface area contributed by atoms with Crippen LogP contribution in [0.3, 0.4) is 0 Å². The SMILES string of the molecule is CCCCCCCCN1c2ccc3c4c(ccc(c24)O[B-]12Oc1ccc4cccc5ccc(c1c45)=[N+]2CCCCCCCC)C=CC3C1C=Cc2ccc3c4c(ccc1c24)N(CCCCCCCC)[B-]1(O3)Oc2ccc3cccc4ccc(c2c34)=[N+]1CCCCCCCC. The minimum Gasteiger partial charge on any atom is -0.601 e. The predicted molar refractivity (Wildman–Crippen MR) is 399 cm³/mol. The molecule has 0 bridgehead atoms. The third-order valence-corrected chi connectivity index (χ3v) is 22.8. The van der Waals surface area contributed by atoms with Gasteiger partial charge in [-0.15, -0.1) is 0 Å². The van der Waals surface area contributed by atoms with Gasteiger partial charge in [-0.1, -0.05) is 240 Å². The van der Waals surface area contributed by atoms with E-state index in [1.165, 1.54) is 237 Å². The largest absolute Gasteiger partial charge is 0.770 e. The van der Waals surface area contributed by atoms with Crippen LogP contribution in [0.5, 0.6) is 23.0 Å². The molecule has 2 aliphatic carbocycles. The molecular formula is C84H96B2N4O4. The second-order valence-corrected chi connectivity index (χ2v) is 28.7. The van der Waals surface area contributed by atoms with Crippen molar-refractivity contribution in [2.24, 2.45) is 0 Å². The highest BCUT2D eigenvalue weighted by atomic mass is 16.6. The van der Waals surface area contributed by atoms with Crippen LogP contribution in [0.15, 0.2) is 146 Å². The van der Waals surface area contributed by atoms with E-state index >= 15 is 0 Å². The first-order valence-electron chi connectivity index (χ1n) is 37.4. The molecule has 94 heavy (non-hydrogen) atoms. The van der Waals surface area contributed by atoms with Crippen LogP contribution in [0.1, 0.15) is 216 Å². The van der Waals surface area contributed by atoms with Crippen molar-refractivity contribution in [1.82, 2.24) is 8.97 Å². The Labute approximate surface area is 557 Å². The van der Waals surface area contributed by atoms with Crippen LogP contribution in [0.2, 0.25) is 0 Å². The van der Waals surface area contributed by atoms with E-state index in [0.717, 1.165) is 74.9 Å². The molecular weight excluding hydrogens is 1150 g/mol. The van der Waals surface area contributed by atoms with Crippen LogP contribution in [0, 0.1) is 0 Å². The fourth-order valence-corrected chi connectivity index (χ4v) is 18.1. The molecule has 482 valence electrons. The highest BCUT2D eigenvalue weighted by molar-refractivity contribution is 6.73. The maximum absolute atomic E-state index is 7.95. The van der Waals surface area contributed by atoms with Gasteiger partial charge >= 0.3 is 13.6 Å². The number of rotatable bonds is 29. The van der Waals surface area contributed by atoms with Gasteiger partial charge in [0, 0.05) is 69.7 Å². The zero-order valence-corrected chi connectivity index (χ0v) is 56.5. The highest BCUT2D eigenvalue weighted by Crippen LogP contribution is 2.56. The van der Waals surface area contributed by atoms with Gasteiger partial charge in [0.1, 0.15) is 13.1 Å². The van der Waals surface area contributed by atoms with E-state index in [-0.39, 0.29) is 11.8 Å². The van der Waals surface area contributed by atoms with Gasteiger partial charge in [0.2, 0.25) is 0 Å². The van der Waals surface area contributed by atoms with Gasteiger partial charge in [-0.05, 0) is 142 Å². The van der Waals surface area contributed by atoms with E-state index < -0.39 is 13.6 Å². The van der Waals surface area contributed by atoms with Crippen LogP contribution in [-0.2, 0) is 0 Å². The van der Waals surface area contributed by atoms with Gasteiger partial charge < -0.3 is 37.2 Å². The molecule has 6 aliphatic rings. The maximum Gasteiger partial charge on any atom is 0.770 e. The Bertz CT molecular complexity index is 4400. The lowest BCUT2D eigenvalue weighted by Gasteiger charge is -2.51. The van der Waals surface area contributed by atoms with Crippen LogP contribution in [-0.4, -0.2) is 39.8 Å². The van der Waals surface area contributed by atoms with E-state index in [1.54, 1.807) is 0 Å². The Kier molecular flexibility index (Phi) is 16.8. The lowest BCUT2D eigenvalue weighted by Crippen LogP contribution is -2.77. The molecule has 4 unspecified atom stereocenters. The second kappa shape index (κ2) is 26.0. The van der Waals surface area contributed by atoms with Crippen molar-refractivity contribution in [1.29, 1.82) is 0 Å². The van der Waals surface area contributed by atoms with Crippen molar-refractivity contribution in [2.45, 2.75) is 194 Å². The molecule has 10 aromatic rings. The summed E-state index contributed by atoms with van der Waals surface area (Å²) in [5, 5.41) is 17.4. The normalized spacial score (nSPS) is 19.4. The summed E-state index contributed by atoms with van der Waals surface area (Å²) in [5.41, 5.74) is 7.64. The Morgan fingerprint density at radius 3 is 1.05 bits per heavy atom. The molecule has 0 saturated heterocycles. The predicted octanol–water partition coefficient (Wildman–Crippen LogP) is 20.8. The molecule has 0 amide bonds. The van der Waals surface area contributed by atoms with Gasteiger partial charge in [-0.25, -0.2) is 0 Å². The first-order chi connectivity index (χ1) is 46.5. The third kappa shape index (κ3) is 10.2. The summed E-state index contributed by atoms with van der Waals surface area (Å²) in [6.45, 7) is 8.07. The maximum atomic E-state index is 7.95. The number of hydrogen-bond acceptors (Lipinski definition) is 6. The zero-order valence-electron chi connectivity index (χ0n) is 56.5. The number of anilines is 2. The average Bonchev–Trinajstić information content (AvgIpc) is 0.698. The first-order valence-corrected chi connectivity index (χ1v) is 37.4. The molecule has 0 N–H and O–H groups in total. The number of nitrogens with zero attached hydrogens (tertiary/aromatic N) is 4. The molecule has 10 aromatic carbocycles. The molecule has 0 saturated carbocycles. The molecule has 10 heteroatoms. The third-order valence-electron chi connectivity index (χ3n) is 22.8. The molecule has 2 spiro atoms. The van der Waals surface area contributed by atoms with E-state index in [9.17, 15) is 0 Å². The molecule has 4 atom stereocenters. The molecule has 0 radical (unpaired) electrons. The first kappa shape index (κ1) is 60.9. The molecule has 4 heterocycles. The zero-order chi connectivity index (χ0) is 63.3. The summed E-state index contributed by atoms with van der Waals surface area (Å²) < 4.78 is 36.7. The van der Waals surface area contributed by atoms with Gasteiger partial charge in [0.25, 0.3) is 0 Å². The number of hydrogen-bond donors (Lipinski definition) is 0. The van der Waals surface area contributed by atoms with E-state index in [4.69, 9.17) is 18.6 Å². The topological polar surface area (TPSA) is 49.4 Å². The molecule has 0 fully saturated rings. The fraction of sp³-hybridized carbons (Fsp3) is 0.405. The molecule has 4 aliphatic heterocycles. The summed E-state index contributed by atoms with van der Waals surface area (Å²) in [5.74, 6) is 3.80. The van der Waals surface area contributed by atoms with Crippen LogP contribution >= 0.6 is 0 Å². The molecule has 0 aromatic heterocycles. The van der Waals surface area contributed by atoms with Gasteiger partial charge in [-0.3, -0.25) is 0 Å². The second-order valence-electron chi connectivity index (χ2n) is 28.7. The van der Waals surface area contributed by atoms with Crippen LogP contribution in [0.25, 0.3) is 76.8 Å². The minimum absolute atomic E-state index is 0.0681. The Morgan fingerprint density at radius 2 is 0.660 bits per heavy atom. The van der Waals surface area contributed by atoms with Crippen molar-refractivity contribution >= 4 is 102 Å². The van der Waals surface area contributed by atoms with Gasteiger partial charge in [0.15, 0.2) is 10.7 Å². The Balaban J connectivity index is 0.805. The Hall–Kier alpha value is -7.97. The lowest BCUT2D eigenvalue weighted by molar-refractivity contribution is 0.326. The minimum atomic E-state index is -2.27. The summed E-state index contributed by atoms with van der Waals surface area (Å²) >= 11 is 0. The number of benzene rings is 10. The summed E-state index contributed by atoms with van der Waals surface area (Å²) in [6.07, 6.45) is 38.9. The van der Waals surface area contributed by atoms with Crippen molar-refractivity contribution in [2.75, 3.05) is 35.8 Å². The van der Waals surface area contributed by atoms with Crippen LogP contribution in [0.4, 0.5) is 11.4 Å². The summed E-state index contributed by atoms with van der Waals surface area (Å²) in [4.78, 5) is 5.23. The van der Waals surface area contributed by atoms with E-state index in [1.807, 2.05) is 0 Å². The van der Waals surface area contributed by atoms with Crippen molar-refractivity contribution in [3.05, 3.63) is 179 Å². The van der Waals surface area contributed by atoms with Gasteiger partial charge in [0.05, 0.1) is 33.8 Å². The number of allylic oxidation sites excluding steroid dienone is 2. The van der Waals surface area contributed by atoms with E-state index in [0.29, 0.717) is 0 Å². The lowest BCUT2D eigenvalue weighted by atomic mass is 9.70. The summed E-state index contributed by atoms with van der Waals surface area (Å²) in [7, 11) is 0. The summed E-state index contributed by atoms with van der Waals surface area (Å²) in [6, 6.07) is 50.9. The number of unbranched alkanes of at least 4 members (excludes halogenated alkanes) is 20. The monoisotopic (exact) mass is 1250 g/mol. The quantitative estimate of drug-likeness (QED) is 0.0344. The van der Waals surface area contributed by atoms with Crippen LogP contribution < -0.4 is 47.9 Å². The standard InChI is InChI=1S/C84H96B2N4O4/c1-5-9-13-17-21-25-55-87-69-47-37-59-31-29-33-61-39-51-73(81(69)77(59)61)91-85(87)89(57-27-23-19-15-11-7-3)71-49-45-67-65(43-35-63-41-53-75(93-85)83(71)79(63)67)66-44-36-64-42-54-76-84-72(50-46-68(66)80(64)84)90(58-28-24-20-16-12-8-4)86(94-76)88(56-26-22-18-14-10-6-2)70-48-38-60-32-30-34-62-40-52-74(92-86)82(70)78(60)62/h29-54,65-66H,5-28,55-58H2,1-4H3. The highest BCUT2D eigenvalue weighted by Gasteiger charge is 2.61. The van der Waals surface area contributed by atoms with Crippen molar-refractivity contribution in [3.63, 3.8) is 0 Å². The molecule has 8 nitrogen and oxygen atoms in total. The van der Waals surface area contributed by atoms with Crippen molar-refractivity contribution < 1.29 is 18.6 Å². The van der Waals surface area contributed by atoms with E-state index in [2.05, 4.69) is 204 Å². The Morgan fingerprint density at radius 1 is 0.319 bits per heavy atom. The smallest absolute Gasteiger partial charge is 0.601 e. The fourth-order valence-electron chi connectivity index (χ4n) is 18.1. The van der Waals surface area contributed by atoms with Gasteiger partial charge in [-0.2, -0.15) is 0 Å². The average molecular weight is 1250 g/mol. The van der Waals surface area contributed by atoms with Crippen molar-refractivity contribution in [3.8, 4) is 23.0 Å².